The van der Waals surface area contributed by atoms with Crippen LogP contribution in [0.2, 0.25) is 0 Å². The second-order valence-corrected chi connectivity index (χ2v) is 10.7. The molecule has 0 fully saturated rings. The molecule has 176 valence electrons. The summed E-state index contributed by atoms with van der Waals surface area (Å²) in [6.45, 7) is 4.64. The molecule has 1 unspecified atom stereocenters. The number of benzene rings is 2. The highest BCUT2D eigenvalue weighted by molar-refractivity contribution is 7.90. The Kier molecular flexibility index (Phi) is 7.05. The Morgan fingerprint density at radius 2 is 2.03 bits per heavy atom. The van der Waals surface area contributed by atoms with Gasteiger partial charge in [0.2, 0.25) is 0 Å². The van der Waals surface area contributed by atoms with Crippen molar-refractivity contribution in [1.29, 1.82) is 0 Å². The van der Waals surface area contributed by atoms with E-state index in [1.54, 1.807) is 18.3 Å². The molecule has 3 aromatic rings. The van der Waals surface area contributed by atoms with E-state index in [0.717, 1.165) is 49.7 Å². The van der Waals surface area contributed by atoms with Crippen molar-refractivity contribution in [1.82, 2.24) is 3.97 Å². The fraction of sp³-hybridized carbons (Fsp3) is 0.407. The Hall–Kier alpha value is -2.44. The van der Waals surface area contributed by atoms with E-state index in [1.807, 2.05) is 25.1 Å². The van der Waals surface area contributed by atoms with Crippen molar-refractivity contribution >= 4 is 26.5 Å². The minimum absolute atomic E-state index is 0.289. The van der Waals surface area contributed by atoms with Gasteiger partial charge in [-0.3, -0.25) is 0 Å². The topological polar surface area (TPSA) is 65.1 Å². The number of halogens is 1. The number of fused-ring (bicyclic) bond motifs is 2. The third-order valence-electron chi connectivity index (χ3n) is 6.72. The number of nitrogens with two attached hydrogens (primary N) is 1. The van der Waals surface area contributed by atoms with Crippen LogP contribution >= 0.6 is 0 Å². The highest BCUT2D eigenvalue weighted by Gasteiger charge is 2.27. The van der Waals surface area contributed by atoms with Gasteiger partial charge in [-0.1, -0.05) is 38.8 Å². The fourth-order valence-corrected chi connectivity index (χ4v) is 6.47. The number of allylic oxidation sites excluding steroid dienone is 1. The van der Waals surface area contributed by atoms with Crippen molar-refractivity contribution in [2.45, 2.75) is 69.6 Å². The summed E-state index contributed by atoms with van der Waals surface area (Å²) in [6, 6.07) is 9.84. The second-order valence-electron chi connectivity index (χ2n) is 8.92. The van der Waals surface area contributed by atoms with Gasteiger partial charge < -0.3 is 5.73 Å². The van der Waals surface area contributed by atoms with Crippen LogP contribution in [0.5, 0.6) is 0 Å². The molecule has 0 saturated heterocycles. The van der Waals surface area contributed by atoms with Crippen LogP contribution in [0.4, 0.5) is 4.39 Å². The molecule has 1 heterocycles. The van der Waals surface area contributed by atoms with Gasteiger partial charge in [-0.25, -0.2) is 16.8 Å². The molecule has 0 amide bonds. The molecule has 1 aliphatic carbocycles. The molecule has 2 N–H and O–H groups in total. The van der Waals surface area contributed by atoms with Crippen LogP contribution in [0.1, 0.15) is 75.0 Å². The van der Waals surface area contributed by atoms with Crippen LogP contribution in [0.15, 0.2) is 53.6 Å². The van der Waals surface area contributed by atoms with Gasteiger partial charge in [-0.05, 0) is 91.6 Å². The molecule has 0 aliphatic heterocycles. The smallest absolute Gasteiger partial charge is 0.268 e. The molecule has 1 aromatic heterocycles. The lowest BCUT2D eigenvalue weighted by Crippen LogP contribution is -2.12. The SMILES string of the molecule is CC/C=C(\CCN)c1cn(S(=O)(=O)c2ccc3c(c2)C(CCCC)CC3)c2ccc(F)cc12. The first-order valence-electron chi connectivity index (χ1n) is 12.0. The van der Waals surface area contributed by atoms with Gasteiger partial charge in [0.15, 0.2) is 0 Å². The van der Waals surface area contributed by atoms with Crippen molar-refractivity contribution < 1.29 is 12.8 Å². The molecule has 33 heavy (non-hydrogen) atoms. The zero-order valence-electron chi connectivity index (χ0n) is 19.5. The number of hydrogen-bond donors (Lipinski definition) is 1. The van der Waals surface area contributed by atoms with E-state index < -0.39 is 15.8 Å². The van der Waals surface area contributed by atoms with E-state index in [1.165, 1.54) is 27.2 Å². The quantitative estimate of drug-likeness (QED) is 0.396. The molecule has 0 spiro atoms. The summed E-state index contributed by atoms with van der Waals surface area (Å²) in [4.78, 5) is 0.289. The molecule has 1 atom stereocenters. The number of aromatic nitrogens is 1. The molecule has 0 saturated carbocycles. The average Bonchev–Trinajstić information content (AvgIpc) is 3.38. The molecule has 2 aromatic carbocycles. The van der Waals surface area contributed by atoms with Crippen molar-refractivity contribution in [3.8, 4) is 0 Å². The molecular formula is C27H33FN2O2S. The predicted octanol–water partition coefficient (Wildman–Crippen LogP) is 6.38. The van der Waals surface area contributed by atoms with Gasteiger partial charge in [0, 0.05) is 17.1 Å². The molecule has 0 radical (unpaired) electrons. The van der Waals surface area contributed by atoms with E-state index in [9.17, 15) is 12.8 Å². The van der Waals surface area contributed by atoms with E-state index in [0.29, 0.717) is 29.8 Å². The van der Waals surface area contributed by atoms with Gasteiger partial charge >= 0.3 is 0 Å². The maximum absolute atomic E-state index is 14.2. The standard InChI is InChI=1S/C27H33FN2O2S/c1-3-5-7-20-8-9-21-10-12-23(17-24(20)21)33(31,32)30-18-26(19(6-4-2)14-15-29)25-16-22(28)11-13-27(25)30/h6,10-13,16-18,20H,3-5,7-9,14-15,29H2,1-2H3/b19-6+. The Morgan fingerprint density at radius 3 is 2.76 bits per heavy atom. The third kappa shape index (κ3) is 4.51. The fourth-order valence-electron chi connectivity index (χ4n) is 5.07. The number of nitrogens with zero attached hydrogens (tertiary/aromatic N) is 1. The molecule has 6 heteroatoms. The summed E-state index contributed by atoms with van der Waals surface area (Å²) in [5, 5.41) is 0.591. The Labute approximate surface area is 196 Å². The van der Waals surface area contributed by atoms with Crippen molar-refractivity contribution in [2.24, 2.45) is 5.73 Å². The summed E-state index contributed by atoms with van der Waals surface area (Å²) < 4.78 is 43.1. The summed E-state index contributed by atoms with van der Waals surface area (Å²) >= 11 is 0. The van der Waals surface area contributed by atoms with Crippen LogP contribution in [-0.4, -0.2) is 18.9 Å². The number of unbranched alkanes of at least 4 members (excludes halogenated alkanes) is 1. The molecule has 1 aliphatic rings. The Balaban J connectivity index is 1.85. The van der Waals surface area contributed by atoms with Crippen LogP contribution in [0, 0.1) is 5.82 Å². The van der Waals surface area contributed by atoms with Crippen LogP contribution < -0.4 is 5.73 Å². The normalized spacial score (nSPS) is 16.5. The molecule has 4 nitrogen and oxygen atoms in total. The number of rotatable bonds is 9. The van der Waals surface area contributed by atoms with Crippen LogP contribution in [0.3, 0.4) is 0 Å². The molecular weight excluding hydrogens is 435 g/mol. The van der Waals surface area contributed by atoms with E-state index in [-0.39, 0.29) is 4.90 Å². The minimum Gasteiger partial charge on any atom is -0.330 e. The maximum atomic E-state index is 14.2. The van der Waals surface area contributed by atoms with E-state index in [4.69, 9.17) is 5.73 Å². The maximum Gasteiger partial charge on any atom is 0.268 e. The summed E-state index contributed by atoms with van der Waals surface area (Å²) in [6.07, 6.45) is 10.5. The summed E-state index contributed by atoms with van der Waals surface area (Å²) in [5.41, 5.74) is 10.4. The second kappa shape index (κ2) is 9.82. The molecule has 0 bridgehead atoms. The lowest BCUT2D eigenvalue weighted by atomic mass is 9.96. The minimum atomic E-state index is -3.85. The molecule has 4 rings (SSSR count). The average molecular weight is 469 g/mol. The van der Waals surface area contributed by atoms with Crippen LogP contribution in [0.25, 0.3) is 16.5 Å². The highest BCUT2D eigenvalue weighted by atomic mass is 32.2. The highest BCUT2D eigenvalue weighted by Crippen LogP contribution is 2.39. The zero-order valence-corrected chi connectivity index (χ0v) is 20.3. The van der Waals surface area contributed by atoms with Gasteiger partial charge in [0.1, 0.15) is 5.82 Å². The first kappa shape index (κ1) is 23.7. The van der Waals surface area contributed by atoms with Gasteiger partial charge in [-0.15, -0.1) is 0 Å². The van der Waals surface area contributed by atoms with Gasteiger partial charge in [0.25, 0.3) is 10.0 Å². The summed E-state index contributed by atoms with van der Waals surface area (Å²) in [7, 11) is -3.85. The largest absolute Gasteiger partial charge is 0.330 e. The van der Waals surface area contributed by atoms with Crippen molar-refractivity contribution in [3.05, 3.63) is 71.2 Å². The third-order valence-corrected chi connectivity index (χ3v) is 8.39. The number of aryl methyl sites for hydroxylation is 1. The van der Waals surface area contributed by atoms with Gasteiger partial charge in [-0.2, -0.15) is 0 Å². The lowest BCUT2D eigenvalue weighted by Gasteiger charge is -2.13. The number of hydrogen-bond acceptors (Lipinski definition) is 3. The first-order chi connectivity index (χ1) is 15.9. The Morgan fingerprint density at radius 1 is 1.21 bits per heavy atom. The lowest BCUT2D eigenvalue weighted by molar-refractivity contribution is 0.577. The van der Waals surface area contributed by atoms with Crippen LogP contribution in [-0.2, 0) is 16.4 Å². The van der Waals surface area contributed by atoms with E-state index in [2.05, 4.69) is 6.92 Å². The zero-order chi connectivity index (χ0) is 23.6. The Bertz CT molecular complexity index is 1290. The summed E-state index contributed by atoms with van der Waals surface area (Å²) in [5.74, 6) is 0.0311. The van der Waals surface area contributed by atoms with E-state index >= 15 is 0 Å². The van der Waals surface area contributed by atoms with Crippen molar-refractivity contribution in [2.75, 3.05) is 6.54 Å². The first-order valence-corrected chi connectivity index (χ1v) is 13.4. The van der Waals surface area contributed by atoms with Crippen molar-refractivity contribution in [3.63, 3.8) is 0 Å². The monoisotopic (exact) mass is 468 g/mol. The predicted molar refractivity (Wildman–Crippen MR) is 133 cm³/mol. The van der Waals surface area contributed by atoms with Gasteiger partial charge in [0.05, 0.1) is 10.4 Å².